The number of rotatable bonds is 17. The van der Waals surface area contributed by atoms with Crippen molar-refractivity contribution in [3.8, 4) is 0 Å². The summed E-state index contributed by atoms with van der Waals surface area (Å²) in [7, 11) is -4.50. The third kappa shape index (κ3) is 47.3. The standard InChI is InChI=1S/C18H36O4S.C2H4O2.Na.H2O/c1-2-3-4-5-6-7-8-9-10-11-12-13-14-15-16-17-18-22-23(19,20)21;1-2(3)4;;/h9-10H,2-8,11-18H2,1H3,(H,19,20,21);1H3,(H,3,4);;1H2/q;;+1;/p-1/b10-9-;;;. The van der Waals surface area contributed by atoms with Crippen molar-refractivity contribution in [3.63, 3.8) is 0 Å². The molecule has 9 heteroatoms. The maximum atomic E-state index is 10.2. The van der Waals surface area contributed by atoms with Gasteiger partial charge in [-0.15, -0.1) is 0 Å². The second-order valence-electron chi connectivity index (χ2n) is 6.69. The maximum Gasteiger partial charge on any atom is 1.00 e. The molecule has 0 saturated heterocycles. The summed E-state index contributed by atoms with van der Waals surface area (Å²) in [4.78, 5) is 9.00. The van der Waals surface area contributed by atoms with Gasteiger partial charge in [-0.3, -0.25) is 8.98 Å². The minimum Gasteiger partial charge on any atom is -0.726 e. The van der Waals surface area contributed by atoms with Crippen LogP contribution in [0.25, 0.3) is 0 Å². The van der Waals surface area contributed by atoms with Gasteiger partial charge in [0.15, 0.2) is 0 Å². The Hall–Kier alpha value is 0.0400. The Balaban J connectivity index is -0.000000473. The van der Waals surface area contributed by atoms with Gasteiger partial charge in [-0.2, -0.15) is 0 Å². The average molecular weight is 449 g/mol. The Labute approximate surface area is 200 Å². The van der Waals surface area contributed by atoms with Gasteiger partial charge in [-0.1, -0.05) is 76.9 Å². The van der Waals surface area contributed by atoms with Gasteiger partial charge >= 0.3 is 29.6 Å². The van der Waals surface area contributed by atoms with E-state index in [9.17, 15) is 13.0 Å². The van der Waals surface area contributed by atoms with Gasteiger partial charge in [-0.25, -0.2) is 8.42 Å². The fourth-order valence-electron chi connectivity index (χ4n) is 2.51. The van der Waals surface area contributed by atoms with Crippen LogP contribution in [0.5, 0.6) is 0 Å². The first-order valence-corrected chi connectivity index (χ1v) is 11.6. The molecule has 0 unspecified atom stereocenters. The minimum atomic E-state index is -4.50. The third-order valence-corrected chi connectivity index (χ3v) is 4.34. The summed E-state index contributed by atoms with van der Waals surface area (Å²) in [6, 6.07) is 0. The molecule has 0 radical (unpaired) electrons. The maximum absolute atomic E-state index is 10.2. The van der Waals surface area contributed by atoms with Crippen LogP contribution in [0.2, 0.25) is 0 Å². The molecule has 0 aliphatic heterocycles. The van der Waals surface area contributed by atoms with Crippen LogP contribution in [0.3, 0.4) is 0 Å². The molecule has 0 aliphatic rings. The Morgan fingerprint density at radius 1 is 0.862 bits per heavy atom. The number of carboxylic acids is 1. The monoisotopic (exact) mass is 448 g/mol. The van der Waals surface area contributed by atoms with E-state index in [0.717, 1.165) is 32.6 Å². The van der Waals surface area contributed by atoms with Crippen molar-refractivity contribution in [1.29, 1.82) is 0 Å². The van der Waals surface area contributed by atoms with Gasteiger partial charge in [-0.05, 0) is 32.1 Å². The van der Waals surface area contributed by atoms with Gasteiger partial charge in [0, 0.05) is 6.92 Å². The second kappa shape index (κ2) is 28.0. The molecule has 0 aromatic heterocycles. The van der Waals surface area contributed by atoms with E-state index in [1.165, 1.54) is 57.8 Å². The van der Waals surface area contributed by atoms with Gasteiger partial charge in [0.2, 0.25) is 10.4 Å². The molecule has 0 bridgehead atoms. The van der Waals surface area contributed by atoms with Gasteiger partial charge in [0.25, 0.3) is 5.97 Å². The predicted molar refractivity (Wildman–Crippen MR) is 112 cm³/mol. The Bertz CT molecular complexity index is 450. The number of aliphatic carboxylic acids is 1. The number of carbonyl (C=O) groups is 1. The van der Waals surface area contributed by atoms with E-state index in [1.54, 1.807) is 0 Å². The smallest absolute Gasteiger partial charge is 0.726 e. The predicted octanol–water partition coefficient (Wildman–Crippen LogP) is 1.77. The van der Waals surface area contributed by atoms with E-state index >= 15 is 0 Å². The van der Waals surface area contributed by atoms with Crippen LogP contribution in [0, 0.1) is 0 Å². The van der Waals surface area contributed by atoms with Gasteiger partial charge in [0.05, 0.1) is 6.61 Å². The van der Waals surface area contributed by atoms with Crippen LogP contribution < -0.4 is 29.6 Å². The molecule has 7 nitrogen and oxygen atoms in total. The van der Waals surface area contributed by atoms with Crippen LogP contribution in [-0.4, -0.2) is 36.1 Å². The van der Waals surface area contributed by atoms with E-state index < -0.39 is 16.4 Å². The molecule has 0 amide bonds. The van der Waals surface area contributed by atoms with Crippen molar-refractivity contribution < 1.29 is 62.1 Å². The summed E-state index contributed by atoms with van der Waals surface area (Å²) < 4.78 is 34.8. The molecule has 0 aliphatic carbocycles. The molecule has 0 spiro atoms. The molecule has 0 aromatic carbocycles. The van der Waals surface area contributed by atoms with E-state index in [-0.39, 0.29) is 41.6 Å². The zero-order valence-electron chi connectivity index (χ0n) is 18.7. The SMILES string of the molecule is CC(=O)O.CCCCCCCC/C=C\CCCCCCCCOS(=O)(=O)[O-].O.[Na+]. The molecule has 0 atom stereocenters. The molecule has 3 N–H and O–H groups in total. The number of allylic oxidation sites excluding steroid dienone is 2. The number of hydrogen-bond acceptors (Lipinski definition) is 5. The summed E-state index contributed by atoms with van der Waals surface area (Å²) >= 11 is 0. The molecule has 0 rings (SSSR count). The van der Waals surface area contributed by atoms with Crippen molar-refractivity contribution in [2.75, 3.05) is 6.61 Å². The Morgan fingerprint density at radius 2 is 1.21 bits per heavy atom. The summed E-state index contributed by atoms with van der Waals surface area (Å²) in [6.45, 7) is 3.35. The fourth-order valence-corrected chi connectivity index (χ4v) is 2.83. The molecule has 0 aromatic rings. The van der Waals surface area contributed by atoms with E-state index in [1.807, 2.05) is 0 Å². The van der Waals surface area contributed by atoms with E-state index in [0.29, 0.717) is 6.42 Å². The summed E-state index contributed by atoms with van der Waals surface area (Å²) in [6.07, 6.45) is 21.4. The summed E-state index contributed by atoms with van der Waals surface area (Å²) in [5, 5.41) is 7.42. The zero-order chi connectivity index (χ0) is 20.8. The molecular weight excluding hydrogens is 407 g/mol. The topological polar surface area (TPSA) is 135 Å². The second-order valence-corrected chi connectivity index (χ2v) is 7.74. The van der Waals surface area contributed by atoms with E-state index in [2.05, 4.69) is 23.3 Å². The molecule has 0 heterocycles. The largest absolute Gasteiger partial charge is 1.00 e. The van der Waals surface area contributed by atoms with E-state index in [4.69, 9.17) is 9.90 Å². The van der Waals surface area contributed by atoms with Crippen LogP contribution >= 0.6 is 0 Å². The van der Waals surface area contributed by atoms with Crippen LogP contribution in [-0.2, 0) is 19.4 Å². The first kappa shape index (κ1) is 36.4. The quantitative estimate of drug-likeness (QED) is 0.118. The van der Waals surface area contributed by atoms with Crippen LogP contribution in [0.4, 0.5) is 0 Å². The first-order chi connectivity index (χ1) is 12.8. The molecular formula is C20H41NaO7S. The van der Waals surface area contributed by atoms with Crippen molar-refractivity contribution in [2.45, 2.75) is 104 Å². The average Bonchev–Trinajstić information content (AvgIpc) is 2.56. The summed E-state index contributed by atoms with van der Waals surface area (Å²) in [5.74, 6) is -0.833. The molecule has 0 saturated carbocycles. The van der Waals surface area contributed by atoms with Crippen molar-refractivity contribution in [1.82, 2.24) is 0 Å². The van der Waals surface area contributed by atoms with Crippen LogP contribution in [0.15, 0.2) is 12.2 Å². The molecule has 0 fully saturated rings. The summed E-state index contributed by atoms with van der Waals surface area (Å²) in [5.41, 5.74) is 0. The molecule has 170 valence electrons. The Kier molecular flexibility index (Phi) is 35.2. The molecule has 29 heavy (non-hydrogen) atoms. The third-order valence-electron chi connectivity index (χ3n) is 3.88. The van der Waals surface area contributed by atoms with Gasteiger partial charge in [0.1, 0.15) is 0 Å². The Morgan fingerprint density at radius 3 is 1.59 bits per heavy atom. The normalized spacial score (nSPS) is 10.6. The van der Waals surface area contributed by atoms with Crippen LogP contribution in [0.1, 0.15) is 104 Å². The zero-order valence-corrected chi connectivity index (χ0v) is 21.5. The number of hydrogen-bond donors (Lipinski definition) is 1. The van der Waals surface area contributed by atoms with Crippen molar-refractivity contribution in [2.24, 2.45) is 0 Å². The first-order valence-electron chi connectivity index (χ1n) is 10.2. The van der Waals surface area contributed by atoms with Crippen molar-refractivity contribution in [3.05, 3.63) is 12.2 Å². The minimum absolute atomic E-state index is 0. The van der Waals surface area contributed by atoms with Crippen molar-refractivity contribution >= 4 is 16.4 Å². The number of unbranched alkanes of at least 4 members (excludes halogenated alkanes) is 12. The fraction of sp³-hybridized carbons (Fsp3) is 0.850. The number of carboxylic acid groups (broad SMARTS) is 1. The van der Waals surface area contributed by atoms with Gasteiger partial charge < -0.3 is 15.1 Å².